The number of halogens is 6. The summed E-state index contributed by atoms with van der Waals surface area (Å²) < 4.78 is 78.3. The van der Waals surface area contributed by atoms with Crippen molar-refractivity contribution >= 4 is 11.6 Å². The lowest BCUT2D eigenvalue weighted by Crippen LogP contribution is -2.18. The maximum absolute atomic E-state index is 13.4. The Morgan fingerprint density at radius 3 is 1.09 bits per heavy atom. The molecule has 22 heavy (non-hydrogen) atoms. The van der Waals surface area contributed by atoms with Crippen molar-refractivity contribution in [1.82, 2.24) is 0 Å². The Balaban J connectivity index is 2.49. The Labute approximate surface area is 119 Å². The Morgan fingerprint density at radius 2 is 0.773 bits per heavy atom. The van der Waals surface area contributed by atoms with E-state index in [2.05, 4.69) is 0 Å². The van der Waals surface area contributed by atoms with E-state index in [1.54, 1.807) is 0 Å². The molecule has 2 nitrogen and oxygen atoms in total. The first kappa shape index (κ1) is 15.7. The zero-order chi connectivity index (χ0) is 16.6. The van der Waals surface area contributed by atoms with E-state index in [4.69, 9.17) is 0 Å². The van der Waals surface area contributed by atoms with Gasteiger partial charge in [-0.1, -0.05) is 0 Å². The third-order valence-corrected chi connectivity index (χ3v) is 2.72. The van der Waals surface area contributed by atoms with Crippen LogP contribution in [0, 0.1) is 34.9 Å². The molecule has 0 atom stereocenters. The number of hydrogen-bond acceptors (Lipinski definition) is 2. The number of ketones is 2. The van der Waals surface area contributed by atoms with E-state index in [0.717, 1.165) is 0 Å². The first-order valence-corrected chi connectivity index (χ1v) is 5.60. The average Bonchev–Trinajstić information content (AvgIpc) is 2.45. The highest BCUT2D eigenvalue weighted by Gasteiger charge is 2.27. The van der Waals surface area contributed by atoms with Crippen molar-refractivity contribution in [1.29, 1.82) is 0 Å². The molecule has 0 heterocycles. The SMILES string of the molecule is O=C(C(=O)c1cc(F)c(F)cc1F)c1cc(F)c(F)cc1F. The Hall–Kier alpha value is -2.64. The minimum absolute atomic E-state index is 0.0252. The summed E-state index contributed by atoms with van der Waals surface area (Å²) in [5, 5.41) is 0. The minimum Gasteiger partial charge on any atom is -0.285 e. The van der Waals surface area contributed by atoms with E-state index in [1.165, 1.54) is 0 Å². The second-order valence-electron chi connectivity index (χ2n) is 4.15. The lowest BCUT2D eigenvalue weighted by atomic mass is 10.00. The fourth-order valence-electron chi connectivity index (χ4n) is 1.64. The molecule has 2 aromatic carbocycles. The molecule has 0 N–H and O–H groups in total. The monoisotopic (exact) mass is 318 g/mol. The van der Waals surface area contributed by atoms with Crippen molar-refractivity contribution in [3.63, 3.8) is 0 Å². The molecule has 0 bridgehead atoms. The van der Waals surface area contributed by atoms with Crippen LogP contribution >= 0.6 is 0 Å². The van der Waals surface area contributed by atoms with Gasteiger partial charge < -0.3 is 0 Å². The van der Waals surface area contributed by atoms with E-state index < -0.39 is 57.6 Å². The molecule has 0 fully saturated rings. The highest BCUT2D eigenvalue weighted by molar-refractivity contribution is 6.49. The average molecular weight is 318 g/mol. The van der Waals surface area contributed by atoms with Crippen LogP contribution in [0.15, 0.2) is 24.3 Å². The van der Waals surface area contributed by atoms with E-state index >= 15 is 0 Å². The van der Waals surface area contributed by atoms with Gasteiger partial charge in [-0.2, -0.15) is 0 Å². The van der Waals surface area contributed by atoms with Crippen LogP contribution in [0.5, 0.6) is 0 Å². The molecule has 0 unspecified atom stereocenters. The van der Waals surface area contributed by atoms with Crippen LogP contribution in [0.1, 0.15) is 20.7 Å². The van der Waals surface area contributed by atoms with Gasteiger partial charge >= 0.3 is 0 Å². The molecule has 0 radical (unpaired) electrons. The van der Waals surface area contributed by atoms with Crippen LogP contribution in [0.3, 0.4) is 0 Å². The van der Waals surface area contributed by atoms with Gasteiger partial charge in [0, 0.05) is 12.1 Å². The quantitative estimate of drug-likeness (QED) is 0.375. The molecule has 8 heteroatoms. The number of carbonyl (C=O) groups excluding carboxylic acids is 2. The van der Waals surface area contributed by atoms with Crippen LogP contribution in [0.2, 0.25) is 0 Å². The van der Waals surface area contributed by atoms with Gasteiger partial charge in [0.25, 0.3) is 0 Å². The number of rotatable bonds is 3. The topological polar surface area (TPSA) is 34.1 Å². The van der Waals surface area contributed by atoms with Crippen LogP contribution in [-0.4, -0.2) is 11.6 Å². The van der Waals surface area contributed by atoms with Gasteiger partial charge in [0.15, 0.2) is 23.3 Å². The first-order valence-electron chi connectivity index (χ1n) is 5.60. The molecule has 0 saturated carbocycles. The number of carbonyl (C=O) groups is 2. The number of hydrogen-bond donors (Lipinski definition) is 0. The highest BCUT2D eigenvalue weighted by Crippen LogP contribution is 2.19. The number of Topliss-reactive ketones (excluding diaryl/α,β-unsaturated/α-hetero) is 2. The summed E-state index contributed by atoms with van der Waals surface area (Å²) in [6.45, 7) is 0. The number of benzene rings is 2. The summed E-state index contributed by atoms with van der Waals surface area (Å²) in [4.78, 5) is 23.4. The molecule has 2 rings (SSSR count). The Morgan fingerprint density at radius 1 is 0.500 bits per heavy atom. The van der Waals surface area contributed by atoms with E-state index in [0.29, 0.717) is 0 Å². The lowest BCUT2D eigenvalue weighted by molar-refractivity contribution is 0.0811. The molecule has 0 saturated heterocycles. The second kappa shape index (κ2) is 5.63. The van der Waals surface area contributed by atoms with Crippen molar-refractivity contribution in [2.24, 2.45) is 0 Å². The molecule has 0 spiro atoms. The normalized spacial score (nSPS) is 10.6. The summed E-state index contributed by atoms with van der Waals surface area (Å²) in [5.41, 5.74) is -2.32. The Kier molecular flexibility index (Phi) is 4.03. The fraction of sp³-hybridized carbons (Fsp3) is 0. The largest absolute Gasteiger partial charge is 0.285 e. The molecule has 0 aliphatic carbocycles. The standard InChI is InChI=1S/C14H4F6O2/c15-7-3-11(19)9(17)1-5(7)13(21)14(22)6-2-10(18)12(20)4-8(6)16/h1-4H. The van der Waals surface area contributed by atoms with E-state index in [9.17, 15) is 35.9 Å². The molecule has 0 amide bonds. The van der Waals surface area contributed by atoms with Crippen LogP contribution < -0.4 is 0 Å². The summed E-state index contributed by atoms with van der Waals surface area (Å²) in [6, 6.07) is 0.278. The van der Waals surface area contributed by atoms with Crippen LogP contribution in [0.4, 0.5) is 26.3 Å². The molecule has 0 aliphatic heterocycles. The van der Waals surface area contributed by atoms with Gasteiger partial charge in [0.2, 0.25) is 11.6 Å². The maximum Gasteiger partial charge on any atom is 0.236 e. The van der Waals surface area contributed by atoms with Gasteiger partial charge in [0.05, 0.1) is 11.1 Å². The smallest absolute Gasteiger partial charge is 0.236 e. The van der Waals surface area contributed by atoms with Crippen molar-refractivity contribution in [3.8, 4) is 0 Å². The zero-order valence-corrected chi connectivity index (χ0v) is 10.4. The van der Waals surface area contributed by atoms with Crippen LogP contribution in [0.25, 0.3) is 0 Å². The summed E-state index contributed by atoms with van der Waals surface area (Å²) >= 11 is 0. The molecule has 2 aromatic rings. The fourth-order valence-corrected chi connectivity index (χ4v) is 1.64. The maximum atomic E-state index is 13.4. The minimum atomic E-state index is -1.73. The van der Waals surface area contributed by atoms with Crippen molar-refractivity contribution in [3.05, 3.63) is 70.3 Å². The van der Waals surface area contributed by atoms with Gasteiger partial charge in [-0.3, -0.25) is 9.59 Å². The molecular weight excluding hydrogens is 314 g/mol. The lowest BCUT2D eigenvalue weighted by Gasteiger charge is -2.05. The third kappa shape index (κ3) is 2.72. The van der Waals surface area contributed by atoms with Crippen molar-refractivity contribution in [2.45, 2.75) is 0 Å². The van der Waals surface area contributed by atoms with Crippen LogP contribution in [-0.2, 0) is 0 Å². The molecular formula is C14H4F6O2. The Bertz CT molecular complexity index is 733. The molecule has 114 valence electrons. The predicted octanol–water partition coefficient (Wildman–Crippen LogP) is 3.59. The summed E-state index contributed by atoms with van der Waals surface area (Å²) in [7, 11) is 0. The predicted molar refractivity (Wildman–Crippen MR) is 61.3 cm³/mol. The van der Waals surface area contributed by atoms with Gasteiger partial charge in [0.1, 0.15) is 11.6 Å². The summed E-state index contributed by atoms with van der Waals surface area (Å²) in [5.74, 6) is -13.0. The third-order valence-electron chi connectivity index (χ3n) is 2.72. The van der Waals surface area contributed by atoms with Gasteiger partial charge in [-0.15, -0.1) is 0 Å². The van der Waals surface area contributed by atoms with Crippen molar-refractivity contribution < 1.29 is 35.9 Å². The van der Waals surface area contributed by atoms with Gasteiger partial charge in [-0.25, -0.2) is 26.3 Å². The van der Waals surface area contributed by atoms with Gasteiger partial charge in [-0.05, 0) is 12.1 Å². The molecule has 0 aliphatic rings. The second-order valence-corrected chi connectivity index (χ2v) is 4.15. The summed E-state index contributed by atoms with van der Waals surface area (Å²) in [6.07, 6.45) is 0. The molecule has 0 aromatic heterocycles. The first-order chi connectivity index (χ1) is 10.2. The van der Waals surface area contributed by atoms with Crippen molar-refractivity contribution in [2.75, 3.05) is 0 Å². The zero-order valence-electron chi connectivity index (χ0n) is 10.4. The highest BCUT2D eigenvalue weighted by atomic mass is 19.2. The van der Waals surface area contributed by atoms with E-state index in [1.807, 2.05) is 0 Å². The van der Waals surface area contributed by atoms with E-state index in [-0.39, 0.29) is 24.3 Å².